The van der Waals surface area contributed by atoms with Crippen molar-refractivity contribution in [3.8, 4) is 0 Å². The van der Waals surface area contributed by atoms with Gasteiger partial charge in [0, 0.05) is 25.4 Å². The van der Waals surface area contributed by atoms with Gasteiger partial charge in [-0.05, 0) is 18.6 Å². The average Bonchev–Trinajstić information content (AvgIpc) is 2.61. The Balaban J connectivity index is 1.99. The average molecular weight is 195 g/mol. The topological polar surface area (TPSA) is 46.6 Å². The lowest BCUT2D eigenvalue weighted by atomic mass is 10.1. The number of allylic oxidation sites excluding steroid dienone is 1. The van der Waals surface area contributed by atoms with Crippen LogP contribution in [0.15, 0.2) is 11.6 Å². The maximum atomic E-state index is 11.3. The standard InChI is InChI=1S/C10H13NO3/c1-2-14-10(13)11-5-7-3-9(12)4-8(7)6-11/h3,8H,2,4-6H2,1H3. The molecule has 2 rings (SSSR count). The molecule has 1 aliphatic heterocycles. The number of carbonyl (C=O) groups is 2. The van der Waals surface area contributed by atoms with Gasteiger partial charge in [0.25, 0.3) is 0 Å². The molecule has 1 aliphatic carbocycles. The minimum atomic E-state index is -0.268. The van der Waals surface area contributed by atoms with Gasteiger partial charge in [0.1, 0.15) is 0 Å². The maximum Gasteiger partial charge on any atom is 0.410 e. The van der Waals surface area contributed by atoms with Gasteiger partial charge in [0.05, 0.1) is 6.61 Å². The van der Waals surface area contributed by atoms with Crippen LogP contribution in [0.3, 0.4) is 0 Å². The van der Waals surface area contributed by atoms with Crippen LogP contribution in [-0.4, -0.2) is 36.5 Å². The molecule has 4 heteroatoms. The zero-order valence-electron chi connectivity index (χ0n) is 8.16. The Morgan fingerprint density at radius 3 is 3.14 bits per heavy atom. The van der Waals surface area contributed by atoms with Gasteiger partial charge in [-0.3, -0.25) is 4.79 Å². The van der Waals surface area contributed by atoms with Crippen molar-refractivity contribution in [1.29, 1.82) is 0 Å². The third-order valence-electron chi connectivity index (χ3n) is 2.66. The summed E-state index contributed by atoms with van der Waals surface area (Å²) < 4.78 is 4.89. The molecule has 0 radical (unpaired) electrons. The van der Waals surface area contributed by atoms with Crippen molar-refractivity contribution in [1.82, 2.24) is 4.90 Å². The Bertz CT molecular complexity index is 308. The third-order valence-corrected chi connectivity index (χ3v) is 2.66. The van der Waals surface area contributed by atoms with Gasteiger partial charge in [0.15, 0.2) is 5.78 Å². The molecular formula is C10H13NO3. The second-order valence-electron chi connectivity index (χ2n) is 3.67. The van der Waals surface area contributed by atoms with Gasteiger partial charge in [-0.15, -0.1) is 0 Å². The fourth-order valence-electron chi connectivity index (χ4n) is 2.02. The zero-order chi connectivity index (χ0) is 10.1. The number of hydrogen-bond acceptors (Lipinski definition) is 3. The number of amides is 1. The van der Waals surface area contributed by atoms with Crippen LogP contribution >= 0.6 is 0 Å². The molecule has 0 spiro atoms. The van der Waals surface area contributed by atoms with Crippen molar-refractivity contribution in [3.05, 3.63) is 11.6 Å². The highest BCUT2D eigenvalue weighted by Gasteiger charge is 2.35. The van der Waals surface area contributed by atoms with Crippen molar-refractivity contribution in [3.63, 3.8) is 0 Å². The number of likely N-dealkylation sites (tertiary alicyclic amines) is 1. The summed E-state index contributed by atoms with van der Waals surface area (Å²) in [4.78, 5) is 24.1. The van der Waals surface area contributed by atoms with Crippen molar-refractivity contribution < 1.29 is 14.3 Å². The van der Waals surface area contributed by atoms with Gasteiger partial charge in [0.2, 0.25) is 0 Å². The van der Waals surface area contributed by atoms with Gasteiger partial charge in [-0.1, -0.05) is 0 Å². The van der Waals surface area contributed by atoms with Crippen molar-refractivity contribution in [2.45, 2.75) is 13.3 Å². The number of nitrogens with zero attached hydrogens (tertiary/aromatic N) is 1. The largest absolute Gasteiger partial charge is 0.450 e. The Morgan fingerprint density at radius 2 is 2.50 bits per heavy atom. The summed E-state index contributed by atoms with van der Waals surface area (Å²) in [5.74, 6) is 0.445. The summed E-state index contributed by atoms with van der Waals surface area (Å²) in [5, 5.41) is 0. The smallest absolute Gasteiger partial charge is 0.410 e. The van der Waals surface area contributed by atoms with Crippen molar-refractivity contribution >= 4 is 11.9 Å². The normalized spacial score (nSPS) is 24.9. The highest BCUT2D eigenvalue weighted by Crippen LogP contribution is 2.31. The monoisotopic (exact) mass is 195 g/mol. The maximum absolute atomic E-state index is 11.3. The van der Waals surface area contributed by atoms with E-state index in [2.05, 4.69) is 0 Å². The number of ether oxygens (including phenoxy) is 1. The van der Waals surface area contributed by atoms with E-state index in [4.69, 9.17) is 4.74 Å². The molecule has 0 aromatic heterocycles. The number of hydrogen-bond donors (Lipinski definition) is 0. The molecule has 0 aromatic carbocycles. The predicted octanol–water partition coefficient (Wildman–Crippen LogP) is 0.974. The fourth-order valence-corrected chi connectivity index (χ4v) is 2.02. The van der Waals surface area contributed by atoms with E-state index < -0.39 is 0 Å². The van der Waals surface area contributed by atoms with Crippen LogP contribution in [-0.2, 0) is 9.53 Å². The fraction of sp³-hybridized carbons (Fsp3) is 0.600. The summed E-state index contributed by atoms with van der Waals surface area (Å²) in [6, 6.07) is 0. The van der Waals surface area contributed by atoms with Gasteiger partial charge in [-0.25, -0.2) is 4.79 Å². The van der Waals surface area contributed by atoms with Crippen LogP contribution in [0.5, 0.6) is 0 Å². The van der Waals surface area contributed by atoms with Crippen LogP contribution in [0, 0.1) is 5.92 Å². The first-order chi connectivity index (χ1) is 6.70. The van der Waals surface area contributed by atoms with Crippen molar-refractivity contribution in [2.75, 3.05) is 19.7 Å². The molecule has 0 bridgehead atoms. The number of rotatable bonds is 1. The summed E-state index contributed by atoms with van der Waals surface area (Å²) >= 11 is 0. The van der Waals surface area contributed by atoms with Gasteiger partial charge < -0.3 is 9.64 Å². The van der Waals surface area contributed by atoms with Gasteiger partial charge >= 0.3 is 6.09 Å². The molecule has 2 aliphatic rings. The first-order valence-corrected chi connectivity index (χ1v) is 4.85. The van der Waals surface area contributed by atoms with Gasteiger partial charge in [-0.2, -0.15) is 0 Å². The van der Waals surface area contributed by atoms with Crippen LogP contribution in [0.25, 0.3) is 0 Å². The summed E-state index contributed by atoms with van der Waals surface area (Å²) in [6.45, 7) is 3.39. The number of fused-ring (bicyclic) bond motifs is 1. The van der Waals surface area contributed by atoms with Crippen LogP contribution < -0.4 is 0 Å². The van der Waals surface area contributed by atoms with Crippen LogP contribution in [0.1, 0.15) is 13.3 Å². The Hall–Kier alpha value is -1.32. The Labute approximate surface area is 82.5 Å². The lowest BCUT2D eigenvalue weighted by Crippen LogP contribution is -2.29. The second-order valence-corrected chi connectivity index (χ2v) is 3.67. The van der Waals surface area contributed by atoms with E-state index in [0.29, 0.717) is 26.1 Å². The molecule has 14 heavy (non-hydrogen) atoms. The molecule has 1 heterocycles. The van der Waals surface area contributed by atoms with E-state index in [1.165, 1.54) is 0 Å². The number of carbonyl (C=O) groups excluding carboxylic acids is 2. The summed E-state index contributed by atoms with van der Waals surface area (Å²) in [6.07, 6.45) is 1.96. The molecule has 4 nitrogen and oxygen atoms in total. The molecule has 0 aromatic rings. The van der Waals surface area contributed by atoms with E-state index in [1.807, 2.05) is 0 Å². The van der Waals surface area contributed by atoms with E-state index in [9.17, 15) is 9.59 Å². The van der Waals surface area contributed by atoms with E-state index >= 15 is 0 Å². The van der Waals surface area contributed by atoms with E-state index in [-0.39, 0.29) is 17.8 Å². The lowest BCUT2D eigenvalue weighted by molar-refractivity contribution is -0.114. The quantitative estimate of drug-likeness (QED) is 0.626. The molecule has 0 saturated carbocycles. The predicted molar refractivity (Wildman–Crippen MR) is 49.8 cm³/mol. The molecule has 0 N–H and O–H groups in total. The zero-order valence-corrected chi connectivity index (χ0v) is 8.16. The SMILES string of the molecule is CCOC(=O)N1CC2=CC(=O)CC2C1. The Kier molecular flexibility index (Phi) is 2.27. The number of ketones is 1. The molecule has 1 fully saturated rings. The highest BCUT2D eigenvalue weighted by molar-refractivity contribution is 5.94. The molecular weight excluding hydrogens is 182 g/mol. The second kappa shape index (κ2) is 3.44. The van der Waals surface area contributed by atoms with Crippen LogP contribution in [0.2, 0.25) is 0 Å². The molecule has 1 saturated heterocycles. The summed E-state index contributed by atoms with van der Waals surface area (Å²) in [7, 11) is 0. The van der Waals surface area contributed by atoms with E-state index in [0.717, 1.165) is 5.57 Å². The molecule has 1 amide bonds. The van der Waals surface area contributed by atoms with Crippen molar-refractivity contribution in [2.24, 2.45) is 5.92 Å². The first-order valence-electron chi connectivity index (χ1n) is 4.85. The third kappa shape index (κ3) is 1.52. The van der Waals surface area contributed by atoms with E-state index in [1.54, 1.807) is 17.9 Å². The molecule has 1 unspecified atom stereocenters. The lowest BCUT2D eigenvalue weighted by Gasteiger charge is -2.14. The summed E-state index contributed by atoms with van der Waals surface area (Å²) in [5.41, 5.74) is 1.09. The minimum absolute atomic E-state index is 0.188. The van der Waals surface area contributed by atoms with Crippen LogP contribution in [0.4, 0.5) is 4.79 Å². The highest BCUT2D eigenvalue weighted by atomic mass is 16.6. The molecule has 1 atom stereocenters. The minimum Gasteiger partial charge on any atom is -0.450 e. The molecule has 76 valence electrons. The first kappa shape index (κ1) is 9.24. The Morgan fingerprint density at radius 1 is 1.71 bits per heavy atom.